The van der Waals surface area contributed by atoms with E-state index in [1.807, 2.05) is 30.0 Å². The van der Waals surface area contributed by atoms with E-state index in [1.54, 1.807) is 5.51 Å². The van der Waals surface area contributed by atoms with Crippen molar-refractivity contribution < 1.29 is 9.59 Å². The molecule has 0 unspecified atom stereocenters. The molecule has 2 amide bonds. The molecule has 0 spiro atoms. The van der Waals surface area contributed by atoms with Gasteiger partial charge in [-0.25, -0.2) is 4.98 Å². The molecule has 0 aliphatic carbocycles. The minimum Gasteiger partial charge on any atom is -0.366 e. The number of benzene rings is 1. The van der Waals surface area contributed by atoms with Crippen LogP contribution in [0.15, 0.2) is 35.8 Å². The summed E-state index contributed by atoms with van der Waals surface area (Å²) in [7, 11) is 0. The third-order valence-electron chi connectivity index (χ3n) is 5.57. The summed E-state index contributed by atoms with van der Waals surface area (Å²) >= 11 is 1.39. The smallest absolute Gasteiger partial charge is 0.265 e. The Balaban J connectivity index is 1.58. The van der Waals surface area contributed by atoms with Gasteiger partial charge in [0.25, 0.3) is 5.91 Å². The number of aryl methyl sites for hydroxylation is 1. The zero-order chi connectivity index (χ0) is 18.8. The van der Waals surface area contributed by atoms with Gasteiger partial charge in [0.15, 0.2) is 0 Å². The van der Waals surface area contributed by atoms with E-state index in [9.17, 15) is 9.59 Å². The number of para-hydroxylation sites is 1. The van der Waals surface area contributed by atoms with Gasteiger partial charge in [-0.3, -0.25) is 9.59 Å². The molecule has 1 aromatic carbocycles. The quantitative estimate of drug-likeness (QED) is 0.863. The molecular weight excluding hydrogens is 360 g/mol. The number of nitrogens with one attached hydrogen (secondary N) is 1. The fraction of sp³-hybridized carbons (Fsp3) is 0.450. The fourth-order valence-electron chi connectivity index (χ4n) is 4.16. The van der Waals surface area contributed by atoms with E-state index in [4.69, 9.17) is 0 Å². The number of nitrogens with zero attached hydrogens (tertiary/aromatic N) is 3. The molecule has 0 radical (unpaired) electrons. The minimum atomic E-state index is -0.104. The van der Waals surface area contributed by atoms with Gasteiger partial charge in [-0.2, -0.15) is 0 Å². The molecule has 2 aliphatic heterocycles. The van der Waals surface area contributed by atoms with Crippen LogP contribution in [0, 0.1) is 12.8 Å². The normalized spacial score (nSPS) is 23.2. The number of carbonyl (C=O) groups is 2. The first-order valence-electron chi connectivity index (χ1n) is 9.44. The third-order valence-corrected chi connectivity index (χ3v) is 6.49. The van der Waals surface area contributed by atoms with Crippen LogP contribution in [0.1, 0.15) is 28.2 Å². The van der Waals surface area contributed by atoms with Gasteiger partial charge in [-0.1, -0.05) is 18.2 Å². The van der Waals surface area contributed by atoms with Crippen LogP contribution in [0.3, 0.4) is 0 Å². The summed E-state index contributed by atoms with van der Waals surface area (Å²) in [5, 5.41) is 3.06. The van der Waals surface area contributed by atoms with Crippen LogP contribution in [-0.4, -0.2) is 53.9 Å². The molecule has 2 saturated heterocycles. The fourth-order valence-corrected chi connectivity index (χ4v) is 4.93. The Morgan fingerprint density at radius 1 is 1.19 bits per heavy atom. The van der Waals surface area contributed by atoms with Gasteiger partial charge in [-0.15, -0.1) is 11.3 Å². The molecule has 2 fully saturated rings. The van der Waals surface area contributed by atoms with Crippen molar-refractivity contribution in [3.05, 3.63) is 46.4 Å². The predicted octanol–water partition coefficient (Wildman–Crippen LogP) is 2.31. The summed E-state index contributed by atoms with van der Waals surface area (Å²) in [6.45, 7) is 4.58. The van der Waals surface area contributed by atoms with Crippen LogP contribution in [0.5, 0.6) is 0 Å². The maximum absolute atomic E-state index is 12.9. The number of fused-ring (bicyclic) bond motifs is 1. The van der Waals surface area contributed by atoms with Crippen LogP contribution < -0.4 is 10.2 Å². The van der Waals surface area contributed by atoms with Crippen LogP contribution in [-0.2, 0) is 4.79 Å². The Hall–Kier alpha value is -2.41. The summed E-state index contributed by atoms with van der Waals surface area (Å²) < 4.78 is 0. The zero-order valence-corrected chi connectivity index (χ0v) is 16.2. The van der Waals surface area contributed by atoms with Gasteiger partial charge >= 0.3 is 0 Å². The monoisotopic (exact) mass is 384 g/mol. The minimum absolute atomic E-state index is 0.0399. The first kappa shape index (κ1) is 18.0. The van der Waals surface area contributed by atoms with Crippen LogP contribution >= 0.6 is 11.3 Å². The molecule has 3 heterocycles. The first-order chi connectivity index (χ1) is 13.1. The molecule has 1 aromatic heterocycles. The van der Waals surface area contributed by atoms with Gasteiger partial charge in [0.2, 0.25) is 5.91 Å². The van der Waals surface area contributed by atoms with Crippen molar-refractivity contribution in [1.82, 2.24) is 15.2 Å². The Morgan fingerprint density at radius 2 is 1.96 bits per heavy atom. The summed E-state index contributed by atoms with van der Waals surface area (Å²) in [4.78, 5) is 34.8. The first-order valence-corrected chi connectivity index (χ1v) is 10.3. The summed E-state index contributed by atoms with van der Waals surface area (Å²) in [6, 6.07) is 10.4. The van der Waals surface area contributed by atoms with Crippen molar-refractivity contribution >= 4 is 28.8 Å². The summed E-state index contributed by atoms with van der Waals surface area (Å²) in [5.74, 6) is 0.0490. The van der Waals surface area contributed by atoms with E-state index in [0.717, 1.165) is 24.3 Å². The van der Waals surface area contributed by atoms with E-state index in [-0.39, 0.29) is 23.8 Å². The molecule has 2 aromatic rings. The van der Waals surface area contributed by atoms with Gasteiger partial charge in [0.05, 0.1) is 17.1 Å². The van der Waals surface area contributed by atoms with Crippen molar-refractivity contribution in [2.24, 2.45) is 5.92 Å². The molecule has 7 heteroatoms. The lowest BCUT2D eigenvalue weighted by atomic mass is 9.92. The SMILES string of the molecule is Cc1ncsc1C(=O)N1CC[C@H]2C(=O)NCCN(c3ccccc3)[C@H]2CC1. The lowest BCUT2D eigenvalue weighted by Gasteiger charge is -2.34. The van der Waals surface area contributed by atoms with Crippen molar-refractivity contribution in [3.8, 4) is 0 Å². The Bertz CT molecular complexity index is 822. The topological polar surface area (TPSA) is 65.5 Å². The second-order valence-electron chi connectivity index (χ2n) is 7.13. The molecule has 6 nitrogen and oxygen atoms in total. The largest absolute Gasteiger partial charge is 0.366 e. The van der Waals surface area contributed by atoms with E-state index in [2.05, 4.69) is 27.3 Å². The number of rotatable bonds is 2. The maximum Gasteiger partial charge on any atom is 0.265 e. The highest BCUT2D eigenvalue weighted by molar-refractivity contribution is 7.11. The Morgan fingerprint density at radius 3 is 2.70 bits per heavy atom. The summed E-state index contributed by atoms with van der Waals surface area (Å²) in [5.41, 5.74) is 3.64. The molecular formula is C20H24N4O2S. The third kappa shape index (κ3) is 3.56. The van der Waals surface area contributed by atoms with Gasteiger partial charge < -0.3 is 15.1 Å². The Labute approximate surface area is 163 Å². The number of amides is 2. The van der Waals surface area contributed by atoms with E-state index in [0.29, 0.717) is 30.9 Å². The summed E-state index contributed by atoms with van der Waals surface area (Å²) in [6.07, 6.45) is 1.47. The standard InChI is InChI=1S/C20H24N4O2S/c1-14-18(27-13-22-14)20(26)23-10-7-16-17(8-11-23)24(12-9-21-19(16)25)15-5-3-2-4-6-15/h2-6,13,16-17H,7-12H2,1H3,(H,21,25)/t16-,17+/m1/s1. The van der Waals surface area contributed by atoms with Crippen molar-refractivity contribution in [1.29, 1.82) is 0 Å². The predicted molar refractivity (Wildman–Crippen MR) is 106 cm³/mol. The number of hydrogen-bond acceptors (Lipinski definition) is 5. The number of likely N-dealkylation sites (tertiary alicyclic amines) is 1. The van der Waals surface area contributed by atoms with Crippen LogP contribution in [0.25, 0.3) is 0 Å². The lowest BCUT2D eigenvalue weighted by molar-refractivity contribution is -0.125. The highest BCUT2D eigenvalue weighted by Crippen LogP contribution is 2.30. The average molecular weight is 385 g/mol. The molecule has 27 heavy (non-hydrogen) atoms. The maximum atomic E-state index is 12.9. The van der Waals surface area contributed by atoms with Crippen LogP contribution in [0.2, 0.25) is 0 Å². The molecule has 142 valence electrons. The van der Waals surface area contributed by atoms with Crippen LogP contribution in [0.4, 0.5) is 5.69 Å². The van der Waals surface area contributed by atoms with Crippen molar-refractivity contribution in [2.45, 2.75) is 25.8 Å². The molecule has 2 atom stereocenters. The number of aromatic nitrogens is 1. The molecule has 0 saturated carbocycles. The number of carbonyl (C=O) groups excluding carboxylic acids is 2. The van der Waals surface area contributed by atoms with Gasteiger partial charge in [0, 0.05) is 37.9 Å². The van der Waals surface area contributed by atoms with E-state index in [1.165, 1.54) is 11.3 Å². The van der Waals surface area contributed by atoms with E-state index < -0.39 is 0 Å². The second kappa shape index (κ2) is 7.68. The average Bonchev–Trinajstić information content (AvgIpc) is 2.90. The highest BCUT2D eigenvalue weighted by atomic mass is 32.1. The molecule has 4 rings (SSSR count). The molecule has 1 N–H and O–H groups in total. The number of anilines is 1. The van der Waals surface area contributed by atoms with Crippen molar-refractivity contribution in [3.63, 3.8) is 0 Å². The highest BCUT2D eigenvalue weighted by Gasteiger charge is 2.38. The van der Waals surface area contributed by atoms with Gasteiger partial charge in [-0.05, 0) is 31.9 Å². The molecule has 0 bridgehead atoms. The van der Waals surface area contributed by atoms with E-state index >= 15 is 0 Å². The number of hydrogen-bond donors (Lipinski definition) is 1. The van der Waals surface area contributed by atoms with Gasteiger partial charge in [0.1, 0.15) is 4.88 Å². The van der Waals surface area contributed by atoms with Crippen molar-refractivity contribution in [2.75, 3.05) is 31.1 Å². The number of thiazole rings is 1. The lowest BCUT2D eigenvalue weighted by Crippen LogP contribution is -2.43. The second-order valence-corrected chi connectivity index (χ2v) is 7.99. The zero-order valence-electron chi connectivity index (χ0n) is 15.4. The molecule has 2 aliphatic rings. The Kier molecular flexibility index (Phi) is 5.11.